The average molecular weight is 484 g/mol. The van der Waals surface area contributed by atoms with E-state index in [1.54, 1.807) is 7.11 Å². The van der Waals surface area contributed by atoms with Crippen molar-refractivity contribution in [3.05, 3.63) is 65.7 Å². The number of aryl methyl sites for hydroxylation is 2. The number of methoxy groups -OCH3 is 1. The quantitative estimate of drug-likeness (QED) is 0.408. The first-order valence-corrected chi connectivity index (χ1v) is 12.1. The summed E-state index contributed by atoms with van der Waals surface area (Å²) in [6.45, 7) is 6.80. The Bertz CT molecular complexity index is 1340. The smallest absolute Gasteiger partial charge is 0.212 e. The molecule has 2 N–H and O–H groups in total. The molecule has 0 radical (unpaired) electrons. The normalized spacial score (nSPS) is 19.1. The van der Waals surface area contributed by atoms with Crippen LogP contribution in [0.1, 0.15) is 23.4 Å². The molecule has 10 heteroatoms. The second-order valence-electron chi connectivity index (χ2n) is 9.51. The van der Waals surface area contributed by atoms with Gasteiger partial charge in [-0.05, 0) is 38.0 Å². The molecule has 36 heavy (non-hydrogen) atoms. The molecule has 10 nitrogen and oxygen atoms in total. The SMILES string of the molecule is COc1ccc(CN2C3CC2CN(c2ccc(-c4nc(C)cc(Nc5cc(C)[nH]n5)n4)cn2)C3)cn1. The Balaban J connectivity index is 1.11. The van der Waals surface area contributed by atoms with Crippen LogP contribution in [0, 0.1) is 13.8 Å². The molecule has 0 spiro atoms. The first kappa shape index (κ1) is 22.4. The predicted molar refractivity (Wildman–Crippen MR) is 137 cm³/mol. The van der Waals surface area contributed by atoms with Gasteiger partial charge in [-0.1, -0.05) is 6.07 Å². The van der Waals surface area contributed by atoms with E-state index >= 15 is 0 Å². The molecule has 0 aliphatic carbocycles. The minimum Gasteiger partial charge on any atom is -0.481 e. The van der Waals surface area contributed by atoms with Crippen LogP contribution in [0.2, 0.25) is 0 Å². The van der Waals surface area contributed by atoms with Crippen LogP contribution < -0.4 is 15.0 Å². The molecule has 4 aromatic rings. The lowest BCUT2D eigenvalue weighted by atomic mass is 9.87. The standard InChI is InChI=1S/C26H29N9O/c1-16-8-22(30-23-9-17(2)32-33-23)31-26(29-16)19-5-6-24(27-12-19)34-14-20-10-21(15-34)35(20)13-18-4-7-25(36-3)28-11-18/h4-9,11-12,20-21H,10,13-15H2,1-3H3,(H2,29,30,31,32,33). The van der Waals surface area contributed by atoms with Gasteiger partial charge in [-0.25, -0.2) is 19.9 Å². The summed E-state index contributed by atoms with van der Waals surface area (Å²) in [5, 5.41) is 10.4. The summed E-state index contributed by atoms with van der Waals surface area (Å²) in [5.41, 5.74) is 3.97. The molecular formula is C26H29N9O. The Labute approximate surface area is 209 Å². The number of H-pyrrole nitrogens is 1. The second kappa shape index (κ2) is 9.19. The number of aromatic amines is 1. The molecule has 4 aromatic heterocycles. The summed E-state index contributed by atoms with van der Waals surface area (Å²) in [6.07, 6.45) is 5.02. The summed E-state index contributed by atoms with van der Waals surface area (Å²) in [4.78, 5) is 23.4. The third kappa shape index (κ3) is 4.47. The lowest BCUT2D eigenvalue weighted by Crippen LogP contribution is -2.68. The maximum atomic E-state index is 5.17. The van der Waals surface area contributed by atoms with Crippen LogP contribution in [-0.2, 0) is 6.54 Å². The third-order valence-corrected chi connectivity index (χ3v) is 6.86. The van der Waals surface area contributed by atoms with Gasteiger partial charge in [0.15, 0.2) is 11.6 Å². The highest BCUT2D eigenvalue weighted by Gasteiger charge is 2.44. The van der Waals surface area contributed by atoms with E-state index in [1.165, 1.54) is 12.0 Å². The third-order valence-electron chi connectivity index (χ3n) is 6.86. The number of anilines is 3. The van der Waals surface area contributed by atoms with Crippen molar-refractivity contribution in [3.63, 3.8) is 0 Å². The molecule has 7 heterocycles. The molecule has 0 amide bonds. The van der Waals surface area contributed by atoms with Gasteiger partial charge in [-0.15, -0.1) is 0 Å². The number of aromatic nitrogens is 6. The number of rotatable bonds is 7. The van der Waals surface area contributed by atoms with Crippen molar-refractivity contribution >= 4 is 17.5 Å². The maximum Gasteiger partial charge on any atom is 0.212 e. The van der Waals surface area contributed by atoms with E-state index in [2.05, 4.69) is 58.5 Å². The van der Waals surface area contributed by atoms with Crippen LogP contribution in [0.5, 0.6) is 5.88 Å². The van der Waals surface area contributed by atoms with E-state index in [4.69, 9.17) is 9.72 Å². The fraction of sp³-hybridized carbons (Fsp3) is 0.346. The lowest BCUT2D eigenvalue weighted by molar-refractivity contribution is -0.00876. The van der Waals surface area contributed by atoms with Crippen molar-refractivity contribution in [2.45, 2.75) is 38.9 Å². The van der Waals surface area contributed by atoms with Gasteiger partial charge in [0.25, 0.3) is 0 Å². The minimum atomic E-state index is 0.534. The molecule has 3 saturated heterocycles. The van der Waals surface area contributed by atoms with E-state index in [0.717, 1.165) is 48.2 Å². The zero-order valence-electron chi connectivity index (χ0n) is 20.6. The van der Waals surface area contributed by atoms with Crippen molar-refractivity contribution in [2.24, 2.45) is 0 Å². The summed E-state index contributed by atoms with van der Waals surface area (Å²) < 4.78 is 5.17. The van der Waals surface area contributed by atoms with Crippen molar-refractivity contribution < 1.29 is 4.74 Å². The van der Waals surface area contributed by atoms with Crippen molar-refractivity contribution in [1.82, 2.24) is 35.0 Å². The Morgan fingerprint density at radius 1 is 1.00 bits per heavy atom. The van der Waals surface area contributed by atoms with E-state index < -0.39 is 0 Å². The van der Waals surface area contributed by atoms with E-state index in [0.29, 0.717) is 29.6 Å². The fourth-order valence-electron chi connectivity index (χ4n) is 5.05. The van der Waals surface area contributed by atoms with Crippen molar-refractivity contribution in [2.75, 3.05) is 30.4 Å². The summed E-state index contributed by atoms with van der Waals surface area (Å²) in [7, 11) is 1.64. The summed E-state index contributed by atoms with van der Waals surface area (Å²) >= 11 is 0. The number of pyridine rings is 2. The zero-order chi connectivity index (χ0) is 24.6. The second-order valence-corrected chi connectivity index (χ2v) is 9.51. The first-order chi connectivity index (χ1) is 17.5. The molecule has 7 rings (SSSR count). The Kier molecular flexibility index (Phi) is 5.73. The van der Waals surface area contributed by atoms with Gasteiger partial charge in [0, 0.05) is 79.3 Å². The zero-order valence-corrected chi connectivity index (χ0v) is 20.6. The Hall–Kier alpha value is -4.05. The van der Waals surface area contributed by atoms with Gasteiger partial charge in [0.2, 0.25) is 5.88 Å². The molecule has 2 bridgehead atoms. The van der Waals surface area contributed by atoms with Crippen LogP contribution in [0.15, 0.2) is 48.8 Å². The molecule has 0 saturated carbocycles. The van der Waals surface area contributed by atoms with Gasteiger partial charge in [-0.3, -0.25) is 10.00 Å². The van der Waals surface area contributed by atoms with Gasteiger partial charge in [-0.2, -0.15) is 5.10 Å². The highest BCUT2D eigenvalue weighted by Crippen LogP contribution is 2.35. The van der Waals surface area contributed by atoms with Gasteiger partial charge in [0.05, 0.1) is 7.11 Å². The van der Waals surface area contributed by atoms with Gasteiger partial charge in [0.1, 0.15) is 11.6 Å². The molecule has 3 aliphatic rings. The van der Waals surface area contributed by atoms with E-state index in [-0.39, 0.29) is 0 Å². The Morgan fingerprint density at radius 2 is 1.86 bits per heavy atom. The molecule has 3 aliphatic heterocycles. The number of piperazine rings is 1. The first-order valence-electron chi connectivity index (χ1n) is 12.1. The highest BCUT2D eigenvalue weighted by atomic mass is 16.5. The maximum absolute atomic E-state index is 5.17. The summed E-state index contributed by atoms with van der Waals surface area (Å²) in [5.74, 6) is 3.73. The number of nitrogens with one attached hydrogen (secondary N) is 2. The van der Waals surface area contributed by atoms with Gasteiger partial charge < -0.3 is 15.0 Å². The van der Waals surface area contributed by atoms with Crippen LogP contribution in [-0.4, -0.2) is 67.3 Å². The topological polar surface area (TPSA) is 108 Å². The average Bonchev–Trinajstić information content (AvgIpc) is 3.31. The predicted octanol–water partition coefficient (Wildman–Crippen LogP) is 3.49. The fourth-order valence-corrected chi connectivity index (χ4v) is 5.05. The minimum absolute atomic E-state index is 0.534. The summed E-state index contributed by atoms with van der Waals surface area (Å²) in [6, 6.07) is 13.1. The van der Waals surface area contributed by atoms with Crippen LogP contribution >= 0.6 is 0 Å². The number of ether oxygens (including phenoxy) is 1. The number of piperidine rings is 1. The largest absolute Gasteiger partial charge is 0.481 e. The number of hydrogen-bond donors (Lipinski definition) is 2. The Morgan fingerprint density at radius 3 is 2.53 bits per heavy atom. The number of nitrogens with zero attached hydrogens (tertiary/aromatic N) is 7. The lowest BCUT2D eigenvalue weighted by Gasteiger charge is -2.56. The van der Waals surface area contributed by atoms with E-state index in [1.807, 2.05) is 44.4 Å². The molecule has 3 fully saturated rings. The van der Waals surface area contributed by atoms with Crippen molar-refractivity contribution in [3.8, 4) is 17.3 Å². The molecule has 2 atom stereocenters. The highest BCUT2D eigenvalue weighted by molar-refractivity contribution is 5.61. The van der Waals surface area contributed by atoms with Crippen LogP contribution in [0.4, 0.5) is 17.5 Å². The molecule has 0 aromatic carbocycles. The molecule has 184 valence electrons. The van der Waals surface area contributed by atoms with Gasteiger partial charge >= 0.3 is 0 Å². The molecular weight excluding hydrogens is 454 g/mol. The molecule has 2 unspecified atom stereocenters. The monoisotopic (exact) mass is 483 g/mol. The number of fused-ring (bicyclic) bond motifs is 2. The van der Waals surface area contributed by atoms with Crippen LogP contribution in [0.3, 0.4) is 0 Å². The van der Waals surface area contributed by atoms with E-state index in [9.17, 15) is 0 Å². The van der Waals surface area contributed by atoms with Crippen LogP contribution in [0.25, 0.3) is 11.4 Å². The van der Waals surface area contributed by atoms with Crippen molar-refractivity contribution in [1.29, 1.82) is 0 Å². The number of hydrogen-bond acceptors (Lipinski definition) is 9.